The Hall–Kier alpha value is -3.94. The van der Waals surface area contributed by atoms with Crippen LogP contribution in [0.5, 0.6) is 0 Å². The van der Waals surface area contributed by atoms with E-state index in [-0.39, 0.29) is 17.5 Å². The van der Waals surface area contributed by atoms with Crippen molar-refractivity contribution in [3.63, 3.8) is 0 Å². The van der Waals surface area contributed by atoms with Crippen molar-refractivity contribution in [2.45, 2.75) is 13.0 Å². The number of hydrogen-bond acceptors (Lipinski definition) is 3. The number of rotatable bonds is 6. The first kappa shape index (κ1) is 19.4. The molecule has 2 N–H and O–H groups in total. The molecule has 4 aromatic rings. The van der Waals surface area contributed by atoms with Crippen LogP contribution in [-0.2, 0) is 13.0 Å². The summed E-state index contributed by atoms with van der Waals surface area (Å²) in [5, 5.41) is 9.87. The molecule has 0 fully saturated rings. The van der Waals surface area contributed by atoms with E-state index in [1.807, 2.05) is 18.2 Å². The summed E-state index contributed by atoms with van der Waals surface area (Å²) in [6.07, 6.45) is 2.28. The van der Waals surface area contributed by atoms with Gasteiger partial charge in [-0.3, -0.25) is 4.40 Å². The number of pyridine rings is 1. The standard InChI is InChI=1S/C22H20FN5O2/c23-18-9-7-16(8-10-18)11-12-24-21(29)25-19-5-3-4-17(14-19)15-28-22(30)27-13-2-1-6-20(27)26-28/h1-10,13-14H,11-12,15H2,(H2,24,25,29). The molecule has 30 heavy (non-hydrogen) atoms. The number of aromatic nitrogens is 3. The fourth-order valence-electron chi connectivity index (χ4n) is 3.14. The van der Waals surface area contributed by atoms with E-state index in [0.29, 0.717) is 30.8 Å². The topological polar surface area (TPSA) is 80.4 Å². The average molecular weight is 405 g/mol. The highest BCUT2D eigenvalue weighted by atomic mass is 19.1. The zero-order chi connectivity index (χ0) is 20.9. The van der Waals surface area contributed by atoms with Gasteiger partial charge in [-0.05, 0) is 53.9 Å². The number of anilines is 1. The molecule has 0 atom stereocenters. The van der Waals surface area contributed by atoms with E-state index in [2.05, 4.69) is 15.7 Å². The Labute approximate surface area is 171 Å². The second kappa shape index (κ2) is 8.60. The zero-order valence-electron chi connectivity index (χ0n) is 16.1. The maximum absolute atomic E-state index is 12.9. The third-order valence-electron chi connectivity index (χ3n) is 4.62. The molecule has 2 aromatic carbocycles. The van der Waals surface area contributed by atoms with Crippen LogP contribution in [-0.4, -0.2) is 26.8 Å². The lowest BCUT2D eigenvalue weighted by atomic mass is 10.1. The number of fused-ring (bicyclic) bond motifs is 1. The quantitative estimate of drug-likeness (QED) is 0.517. The molecular formula is C22H20FN5O2. The number of nitrogens with one attached hydrogen (secondary N) is 2. The second-order valence-corrected chi connectivity index (χ2v) is 6.83. The van der Waals surface area contributed by atoms with Gasteiger partial charge in [-0.15, -0.1) is 5.10 Å². The van der Waals surface area contributed by atoms with Crippen LogP contribution in [0.1, 0.15) is 11.1 Å². The fourth-order valence-corrected chi connectivity index (χ4v) is 3.14. The van der Waals surface area contributed by atoms with Crippen LogP contribution in [0.2, 0.25) is 0 Å². The predicted octanol–water partition coefficient (Wildman–Crippen LogP) is 3.05. The molecule has 0 radical (unpaired) electrons. The largest absolute Gasteiger partial charge is 0.350 e. The van der Waals surface area contributed by atoms with Crippen LogP contribution in [0.4, 0.5) is 14.9 Å². The maximum atomic E-state index is 12.9. The highest BCUT2D eigenvalue weighted by Gasteiger charge is 2.08. The Morgan fingerprint density at radius 1 is 1.00 bits per heavy atom. The minimum Gasteiger partial charge on any atom is -0.338 e. The molecule has 2 heterocycles. The molecule has 4 rings (SSSR count). The van der Waals surface area contributed by atoms with Crippen molar-refractivity contribution in [2.75, 3.05) is 11.9 Å². The summed E-state index contributed by atoms with van der Waals surface area (Å²) in [7, 11) is 0. The average Bonchev–Trinajstić information content (AvgIpc) is 3.05. The van der Waals surface area contributed by atoms with Crippen molar-refractivity contribution in [1.82, 2.24) is 19.5 Å². The van der Waals surface area contributed by atoms with Gasteiger partial charge in [-0.25, -0.2) is 18.7 Å². The molecule has 2 amide bonds. The highest BCUT2D eigenvalue weighted by molar-refractivity contribution is 5.89. The number of carbonyl (C=O) groups excluding carboxylic acids is 1. The summed E-state index contributed by atoms with van der Waals surface area (Å²) >= 11 is 0. The SMILES string of the molecule is O=C(NCCc1ccc(F)cc1)Nc1cccc(Cn2nc3ccccn3c2=O)c1. The Morgan fingerprint density at radius 2 is 1.83 bits per heavy atom. The number of halogens is 1. The first-order chi connectivity index (χ1) is 14.6. The number of hydrogen-bond donors (Lipinski definition) is 2. The highest BCUT2D eigenvalue weighted by Crippen LogP contribution is 2.11. The van der Waals surface area contributed by atoms with Crippen LogP contribution >= 0.6 is 0 Å². The summed E-state index contributed by atoms with van der Waals surface area (Å²) in [6.45, 7) is 0.718. The molecule has 0 bridgehead atoms. The lowest BCUT2D eigenvalue weighted by molar-refractivity contribution is 0.252. The number of urea groups is 1. The van der Waals surface area contributed by atoms with E-state index in [1.165, 1.54) is 21.2 Å². The van der Waals surface area contributed by atoms with Gasteiger partial charge in [-0.1, -0.05) is 30.3 Å². The first-order valence-electron chi connectivity index (χ1n) is 9.51. The lowest BCUT2D eigenvalue weighted by Gasteiger charge is -2.09. The van der Waals surface area contributed by atoms with Gasteiger partial charge in [0, 0.05) is 18.4 Å². The number of carbonyl (C=O) groups is 1. The Bertz CT molecular complexity index is 1230. The smallest absolute Gasteiger partial charge is 0.338 e. The van der Waals surface area contributed by atoms with Crippen LogP contribution in [0.25, 0.3) is 5.65 Å². The van der Waals surface area contributed by atoms with Crippen molar-refractivity contribution in [3.05, 3.63) is 100 Å². The maximum Gasteiger partial charge on any atom is 0.350 e. The molecule has 152 valence electrons. The molecule has 0 saturated heterocycles. The summed E-state index contributed by atoms with van der Waals surface area (Å²) in [6, 6.07) is 18.5. The Kier molecular flexibility index (Phi) is 5.56. The first-order valence-corrected chi connectivity index (χ1v) is 9.51. The van der Waals surface area contributed by atoms with Gasteiger partial charge in [-0.2, -0.15) is 0 Å². The minimum absolute atomic E-state index is 0.220. The Balaban J connectivity index is 1.35. The second-order valence-electron chi connectivity index (χ2n) is 6.83. The van der Waals surface area contributed by atoms with Gasteiger partial charge in [0.25, 0.3) is 0 Å². The van der Waals surface area contributed by atoms with Gasteiger partial charge in [0.2, 0.25) is 0 Å². The van der Waals surface area contributed by atoms with E-state index >= 15 is 0 Å². The third-order valence-corrected chi connectivity index (χ3v) is 4.62. The summed E-state index contributed by atoms with van der Waals surface area (Å²) < 4.78 is 15.8. The van der Waals surface area contributed by atoms with Gasteiger partial charge < -0.3 is 10.6 Å². The zero-order valence-corrected chi connectivity index (χ0v) is 16.1. The van der Waals surface area contributed by atoms with Crippen molar-refractivity contribution in [2.24, 2.45) is 0 Å². The normalized spacial score (nSPS) is 10.8. The van der Waals surface area contributed by atoms with Crippen LogP contribution in [0.15, 0.2) is 77.7 Å². The molecule has 0 spiro atoms. The van der Waals surface area contributed by atoms with Gasteiger partial charge in [0.1, 0.15) is 5.82 Å². The molecule has 0 aliphatic heterocycles. The van der Waals surface area contributed by atoms with E-state index < -0.39 is 0 Å². The number of nitrogens with zero attached hydrogens (tertiary/aromatic N) is 3. The van der Waals surface area contributed by atoms with Crippen LogP contribution in [0, 0.1) is 5.82 Å². The van der Waals surface area contributed by atoms with Crippen molar-refractivity contribution >= 4 is 17.4 Å². The minimum atomic E-state index is -0.334. The molecule has 0 unspecified atom stereocenters. The Morgan fingerprint density at radius 3 is 2.63 bits per heavy atom. The summed E-state index contributed by atoms with van der Waals surface area (Å²) in [5.74, 6) is -0.282. The van der Waals surface area contributed by atoms with Gasteiger partial charge in [0.05, 0.1) is 6.54 Å². The number of benzene rings is 2. The number of amides is 2. The van der Waals surface area contributed by atoms with Crippen molar-refractivity contribution < 1.29 is 9.18 Å². The molecule has 0 aliphatic carbocycles. The summed E-state index contributed by atoms with van der Waals surface area (Å²) in [4.78, 5) is 24.6. The van der Waals surface area contributed by atoms with E-state index in [1.54, 1.807) is 42.6 Å². The fraction of sp³-hybridized carbons (Fsp3) is 0.136. The van der Waals surface area contributed by atoms with Crippen LogP contribution < -0.4 is 16.3 Å². The van der Waals surface area contributed by atoms with Crippen LogP contribution in [0.3, 0.4) is 0 Å². The van der Waals surface area contributed by atoms with Crippen molar-refractivity contribution in [3.8, 4) is 0 Å². The van der Waals surface area contributed by atoms with Gasteiger partial charge in [0.15, 0.2) is 5.65 Å². The molecule has 8 heteroatoms. The van der Waals surface area contributed by atoms with E-state index in [0.717, 1.165) is 11.1 Å². The van der Waals surface area contributed by atoms with Crippen molar-refractivity contribution in [1.29, 1.82) is 0 Å². The monoisotopic (exact) mass is 405 g/mol. The molecule has 0 aliphatic rings. The van der Waals surface area contributed by atoms with E-state index in [4.69, 9.17) is 0 Å². The predicted molar refractivity (Wildman–Crippen MR) is 112 cm³/mol. The summed E-state index contributed by atoms with van der Waals surface area (Å²) in [5.41, 5.74) is 2.75. The third kappa shape index (κ3) is 4.54. The van der Waals surface area contributed by atoms with E-state index in [9.17, 15) is 14.0 Å². The lowest BCUT2D eigenvalue weighted by Crippen LogP contribution is -2.30. The molecule has 7 nitrogen and oxygen atoms in total. The van der Waals surface area contributed by atoms with Gasteiger partial charge >= 0.3 is 11.7 Å². The molecular weight excluding hydrogens is 385 g/mol. The molecule has 2 aromatic heterocycles. The molecule has 0 saturated carbocycles.